The van der Waals surface area contributed by atoms with Gasteiger partial charge in [0, 0.05) is 0 Å². The SMILES string of the molecule is Fc1cccc(-c2ccc3ccc4cccc5ccc2c3c45)c1. The van der Waals surface area contributed by atoms with E-state index in [1.165, 1.54) is 38.4 Å². The van der Waals surface area contributed by atoms with Gasteiger partial charge in [0.05, 0.1) is 0 Å². The molecule has 0 bridgehead atoms. The first-order chi connectivity index (χ1) is 11.3. The van der Waals surface area contributed by atoms with Crippen molar-refractivity contribution in [2.24, 2.45) is 0 Å². The Kier molecular flexibility index (Phi) is 2.48. The van der Waals surface area contributed by atoms with E-state index >= 15 is 0 Å². The molecule has 0 amide bonds. The van der Waals surface area contributed by atoms with Crippen LogP contribution in [0.2, 0.25) is 0 Å². The number of hydrogen-bond acceptors (Lipinski definition) is 0. The van der Waals surface area contributed by atoms with Gasteiger partial charge >= 0.3 is 0 Å². The fraction of sp³-hybridized carbons (Fsp3) is 0. The molecule has 0 aliphatic rings. The fourth-order valence-corrected chi connectivity index (χ4v) is 3.64. The first-order valence-electron chi connectivity index (χ1n) is 7.74. The summed E-state index contributed by atoms with van der Waals surface area (Å²) in [5.74, 6) is -0.201. The molecule has 0 nitrogen and oxygen atoms in total. The molecule has 0 N–H and O–H groups in total. The molecule has 0 heterocycles. The van der Waals surface area contributed by atoms with Gasteiger partial charge in [-0.1, -0.05) is 66.7 Å². The van der Waals surface area contributed by atoms with Gasteiger partial charge in [-0.15, -0.1) is 0 Å². The molecule has 1 heteroatoms. The molecule has 5 aromatic rings. The van der Waals surface area contributed by atoms with E-state index in [0.717, 1.165) is 11.1 Å². The van der Waals surface area contributed by atoms with Crippen molar-refractivity contribution < 1.29 is 4.39 Å². The van der Waals surface area contributed by atoms with Crippen molar-refractivity contribution in [1.29, 1.82) is 0 Å². The lowest BCUT2D eigenvalue weighted by Crippen LogP contribution is -1.87. The Labute approximate surface area is 133 Å². The second kappa shape index (κ2) is 4.53. The molecular formula is C22H13F. The molecule has 0 saturated heterocycles. The first-order valence-corrected chi connectivity index (χ1v) is 7.74. The Morgan fingerprint density at radius 1 is 0.565 bits per heavy atom. The summed E-state index contributed by atoms with van der Waals surface area (Å²) in [5.41, 5.74) is 2.00. The molecule has 23 heavy (non-hydrogen) atoms. The third-order valence-electron chi connectivity index (χ3n) is 4.66. The van der Waals surface area contributed by atoms with Gasteiger partial charge in [0.2, 0.25) is 0 Å². The van der Waals surface area contributed by atoms with Crippen LogP contribution in [0.5, 0.6) is 0 Å². The third kappa shape index (κ3) is 1.77. The quantitative estimate of drug-likeness (QED) is 0.314. The summed E-state index contributed by atoms with van der Waals surface area (Å²) >= 11 is 0. The second-order valence-electron chi connectivity index (χ2n) is 5.98. The lowest BCUT2D eigenvalue weighted by Gasteiger charge is -2.14. The van der Waals surface area contributed by atoms with Crippen molar-refractivity contribution in [3.63, 3.8) is 0 Å². The number of halogens is 1. The molecule has 0 aliphatic carbocycles. The Morgan fingerprint density at radius 3 is 2.00 bits per heavy atom. The van der Waals surface area contributed by atoms with E-state index in [2.05, 4.69) is 54.6 Å². The lowest BCUT2D eigenvalue weighted by atomic mass is 9.90. The van der Waals surface area contributed by atoms with E-state index < -0.39 is 0 Å². The van der Waals surface area contributed by atoms with Crippen LogP contribution in [0.4, 0.5) is 4.39 Å². The largest absolute Gasteiger partial charge is 0.207 e. The van der Waals surface area contributed by atoms with Crippen LogP contribution in [-0.4, -0.2) is 0 Å². The third-order valence-corrected chi connectivity index (χ3v) is 4.66. The van der Waals surface area contributed by atoms with Gasteiger partial charge in [0.1, 0.15) is 5.82 Å². The standard InChI is InChI=1S/C22H13F/c23-18-6-2-5-17(13-18)19-11-9-16-8-7-14-3-1-4-15-10-12-20(19)22(16)21(14)15/h1-13H. The van der Waals surface area contributed by atoms with Crippen LogP contribution in [-0.2, 0) is 0 Å². The van der Waals surface area contributed by atoms with Crippen LogP contribution in [0.15, 0.2) is 78.9 Å². The minimum Gasteiger partial charge on any atom is -0.207 e. The van der Waals surface area contributed by atoms with Gasteiger partial charge in [-0.05, 0) is 55.6 Å². The zero-order valence-electron chi connectivity index (χ0n) is 12.4. The van der Waals surface area contributed by atoms with Crippen molar-refractivity contribution in [2.45, 2.75) is 0 Å². The number of benzene rings is 5. The maximum absolute atomic E-state index is 13.6. The molecule has 0 spiro atoms. The highest BCUT2D eigenvalue weighted by Gasteiger charge is 2.11. The normalized spacial score (nSPS) is 11.7. The van der Waals surface area contributed by atoms with Gasteiger partial charge < -0.3 is 0 Å². The van der Waals surface area contributed by atoms with Gasteiger partial charge in [-0.25, -0.2) is 4.39 Å². The molecule has 0 fully saturated rings. The molecule has 0 atom stereocenters. The molecular weight excluding hydrogens is 283 g/mol. The Bertz CT molecular complexity index is 1150. The zero-order valence-corrected chi connectivity index (χ0v) is 12.4. The highest BCUT2D eigenvalue weighted by atomic mass is 19.1. The predicted molar refractivity (Wildman–Crippen MR) is 95.5 cm³/mol. The van der Waals surface area contributed by atoms with E-state index in [1.54, 1.807) is 12.1 Å². The van der Waals surface area contributed by atoms with E-state index in [-0.39, 0.29) is 5.82 Å². The van der Waals surface area contributed by atoms with Crippen molar-refractivity contribution in [3.8, 4) is 11.1 Å². The molecule has 0 saturated carbocycles. The van der Waals surface area contributed by atoms with E-state index in [1.807, 2.05) is 6.07 Å². The maximum Gasteiger partial charge on any atom is 0.123 e. The van der Waals surface area contributed by atoms with Crippen LogP contribution >= 0.6 is 0 Å². The smallest absolute Gasteiger partial charge is 0.123 e. The monoisotopic (exact) mass is 296 g/mol. The Morgan fingerprint density at radius 2 is 1.22 bits per heavy atom. The number of hydrogen-bond donors (Lipinski definition) is 0. The van der Waals surface area contributed by atoms with Crippen LogP contribution < -0.4 is 0 Å². The summed E-state index contributed by atoms with van der Waals surface area (Å²) in [6.45, 7) is 0. The van der Waals surface area contributed by atoms with E-state index in [0.29, 0.717) is 0 Å². The first kappa shape index (κ1) is 12.6. The minimum atomic E-state index is -0.201. The number of rotatable bonds is 1. The summed E-state index contributed by atoms with van der Waals surface area (Å²) < 4.78 is 13.6. The predicted octanol–water partition coefficient (Wildman–Crippen LogP) is 6.39. The van der Waals surface area contributed by atoms with Crippen LogP contribution in [0, 0.1) is 5.82 Å². The zero-order chi connectivity index (χ0) is 15.4. The summed E-state index contributed by atoms with van der Waals surface area (Å²) in [4.78, 5) is 0. The van der Waals surface area contributed by atoms with Gasteiger partial charge in [0.25, 0.3) is 0 Å². The molecule has 5 rings (SSSR count). The molecule has 0 aromatic heterocycles. The topological polar surface area (TPSA) is 0 Å². The average molecular weight is 296 g/mol. The highest BCUT2D eigenvalue weighted by molar-refractivity contribution is 6.25. The fourth-order valence-electron chi connectivity index (χ4n) is 3.64. The van der Waals surface area contributed by atoms with E-state index in [4.69, 9.17) is 0 Å². The molecule has 0 unspecified atom stereocenters. The molecule has 0 radical (unpaired) electrons. The minimum absolute atomic E-state index is 0.201. The lowest BCUT2D eigenvalue weighted by molar-refractivity contribution is 0.628. The Balaban J connectivity index is 1.99. The maximum atomic E-state index is 13.6. The highest BCUT2D eigenvalue weighted by Crippen LogP contribution is 2.39. The summed E-state index contributed by atoms with van der Waals surface area (Å²) in [7, 11) is 0. The molecule has 0 aliphatic heterocycles. The Hall–Kier alpha value is -2.93. The van der Waals surface area contributed by atoms with E-state index in [9.17, 15) is 4.39 Å². The summed E-state index contributed by atoms with van der Waals surface area (Å²) in [5, 5.41) is 7.46. The van der Waals surface area contributed by atoms with Crippen LogP contribution in [0.1, 0.15) is 0 Å². The average Bonchev–Trinajstić information content (AvgIpc) is 2.59. The van der Waals surface area contributed by atoms with Gasteiger partial charge in [-0.3, -0.25) is 0 Å². The van der Waals surface area contributed by atoms with Gasteiger partial charge in [-0.2, -0.15) is 0 Å². The summed E-state index contributed by atoms with van der Waals surface area (Å²) in [6.07, 6.45) is 0. The van der Waals surface area contributed by atoms with Crippen LogP contribution in [0.3, 0.4) is 0 Å². The second-order valence-corrected chi connectivity index (χ2v) is 5.98. The van der Waals surface area contributed by atoms with Crippen molar-refractivity contribution in [2.75, 3.05) is 0 Å². The van der Waals surface area contributed by atoms with Crippen LogP contribution in [0.25, 0.3) is 43.4 Å². The van der Waals surface area contributed by atoms with Crippen molar-refractivity contribution in [3.05, 3.63) is 84.7 Å². The molecule has 5 aromatic carbocycles. The molecule has 108 valence electrons. The van der Waals surface area contributed by atoms with Crippen molar-refractivity contribution in [1.82, 2.24) is 0 Å². The summed E-state index contributed by atoms with van der Waals surface area (Å²) in [6, 6.07) is 26.1. The van der Waals surface area contributed by atoms with Gasteiger partial charge in [0.15, 0.2) is 0 Å². The van der Waals surface area contributed by atoms with Crippen molar-refractivity contribution >= 4 is 32.3 Å².